The van der Waals surface area contributed by atoms with Crippen molar-refractivity contribution >= 4 is 5.71 Å². The molecule has 0 amide bonds. The summed E-state index contributed by atoms with van der Waals surface area (Å²) in [7, 11) is 0. The van der Waals surface area contributed by atoms with Crippen LogP contribution in [-0.2, 0) is 28.2 Å². The van der Waals surface area contributed by atoms with Gasteiger partial charge in [-0.05, 0) is 56.0 Å². The first-order chi connectivity index (χ1) is 18.7. The molecule has 8 nitrogen and oxygen atoms in total. The van der Waals surface area contributed by atoms with Gasteiger partial charge in [-0.3, -0.25) is 4.57 Å². The number of oxime groups is 1. The zero-order valence-corrected chi connectivity index (χ0v) is 21.5. The van der Waals surface area contributed by atoms with E-state index in [0.717, 1.165) is 5.56 Å². The molecule has 2 heterocycles. The number of piperidine rings is 1. The van der Waals surface area contributed by atoms with Gasteiger partial charge < -0.3 is 15.3 Å². The number of hydrogen-bond acceptors (Lipinski definition) is 6. The van der Waals surface area contributed by atoms with Crippen molar-refractivity contribution in [2.75, 3.05) is 13.2 Å². The van der Waals surface area contributed by atoms with Gasteiger partial charge in [-0.1, -0.05) is 35.5 Å². The molecule has 14 heteroatoms. The Morgan fingerprint density at radius 2 is 1.73 bits per heavy atom. The minimum atomic E-state index is -4.98. The molecule has 3 N–H and O–H groups in total. The average molecular weight is 572 g/mol. The summed E-state index contributed by atoms with van der Waals surface area (Å²) >= 11 is 0. The highest BCUT2D eigenvalue weighted by Gasteiger charge is 2.48. The molecule has 1 aromatic heterocycles. The van der Waals surface area contributed by atoms with Crippen molar-refractivity contribution in [3.8, 4) is 0 Å². The standard InChI is InChI=1S/C26H27F6N5O3/c1-16(18-10-20(25(27,28)29)12-21(11-18)26(30,31)32)40-14-23(19-6-4-3-5-7-19)8-9-24(13-33-23,17(2)36-39)37-15-34-35-22(37)38/h3-7,10-12,15-16,33,39H,8-9,13-14H2,1-2H3,(H,35,38)/b36-17+/t16-,23-,24+/m1/s1. The summed E-state index contributed by atoms with van der Waals surface area (Å²) < 4.78 is 87.6. The fraction of sp³-hybridized carbons (Fsp3) is 0.423. The zero-order chi connectivity index (χ0) is 29.3. The van der Waals surface area contributed by atoms with Crippen molar-refractivity contribution in [1.82, 2.24) is 20.1 Å². The van der Waals surface area contributed by atoms with Crippen LogP contribution in [-0.4, -0.2) is 38.8 Å². The zero-order valence-electron chi connectivity index (χ0n) is 21.5. The molecule has 2 aromatic carbocycles. The van der Waals surface area contributed by atoms with Crippen LogP contribution in [0.2, 0.25) is 0 Å². The van der Waals surface area contributed by atoms with Crippen LogP contribution in [0, 0.1) is 0 Å². The molecule has 1 aliphatic rings. The van der Waals surface area contributed by atoms with Crippen LogP contribution in [0.3, 0.4) is 0 Å². The predicted octanol–water partition coefficient (Wildman–Crippen LogP) is 5.21. The largest absolute Gasteiger partial charge is 0.416 e. The Morgan fingerprint density at radius 1 is 1.10 bits per heavy atom. The summed E-state index contributed by atoms with van der Waals surface area (Å²) in [5.74, 6) is 0. The number of rotatable bonds is 7. The van der Waals surface area contributed by atoms with Crippen LogP contribution < -0.4 is 11.0 Å². The molecular weight excluding hydrogens is 544 g/mol. The van der Waals surface area contributed by atoms with E-state index in [0.29, 0.717) is 18.6 Å². The van der Waals surface area contributed by atoms with Gasteiger partial charge in [-0.25, -0.2) is 9.89 Å². The van der Waals surface area contributed by atoms with Gasteiger partial charge in [0.15, 0.2) is 0 Å². The van der Waals surface area contributed by atoms with E-state index < -0.39 is 46.4 Å². The molecule has 3 aromatic rings. The smallest absolute Gasteiger partial charge is 0.411 e. The number of halogens is 6. The van der Waals surface area contributed by atoms with E-state index in [1.807, 2.05) is 12.1 Å². The molecule has 0 radical (unpaired) electrons. The molecule has 4 rings (SSSR count). The fourth-order valence-electron chi connectivity index (χ4n) is 5.03. The normalized spacial score (nSPS) is 23.2. The second kappa shape index (κ2) is 10.7. The number of alkyl halides is 6. The second-order valence-electron chi connectivity index (χ2n) is 9.84. The van der Waals surface area contributed by atoms with Gasteiger partial charge in [0, 0.05) is 6.54 Å². The quantitative estimate of drug-likeness (QED) is 0.156. The molecular formula is C26H27F6N5O3. The maximum absolute atomic E-state index is 13.4. The van der Waals surface area contributed by atoms with Gasteiger partial charge in [-0.15, -0.1) is 0 Å². The summed E-state index contributed by atoms with van der Waals surface area (Å²) in [6.45, 7) is 2.90. The Kier molecular flexibility index (Phi) is 7.87. The number of benzene rings is 2. The maximum atomic E-state index is 13.4. The van der Waals surface area contributed by atoms with E-state index in [-0.39, 0.29) is 36.9 Å². The minimum Gasteiger partial charge on any atom is -0.411 e. The monoisotopic (exact) mass is 571 g/mol. The molecule has 1 saturated heterocycles. The minimum absolute atomic E-state index is 0.0762. The molecule has 1 fully saturated rings. The lowest BCUT2D eigenvalue weighted by Gasteiger charge is -2.47. The van der Waals surface area contributed by atoms with Crippen molar-refractivity contribution in [3.63, 3.8) is 0 Å². The Hall–Kier alpha value is -3.65. The molecule has 1 aliphatic heterocycles. The van der Waals surface area contributed by atoms with Crippen LogP contribution in [0.5, 0.6) is 0 Å². The molecule has 3 atom stereocenters. The predicted molar refractivity (Wildman–Crippen MR) is 132 cm³/mol. The third-order valence-corrected chi connectivity index (χ3v) is 7.51. The Balaban J connectivity index is 1.66. The Bertz CT molecular complexity index is 1370. The van der Waals surface area contributed by atoms with Gasteiger partial charge in [0.1, 0.15) is 11.9 Å². The highest BCUT2D eigenvalue weighted by molar-refractivity contribution is 5.89. The highest BCUT2D eigenvalue weighted by atomic mass is 19.4. The fourth-order valence-corrected chi connectivity index (χ4v) is 5.03. The van der Waals surface area contributed by atoms with E-state index in [9.17, 15) is 36.3 Å². The first-order valence-electron chi connectivity index (χ1n) is 12.2. The van der Waals surface area contributed by atoms with Gasteiger partial charge in [0.25, 0.3) is 0 Å². The Morgan fingerprint density at radius 3 is 2.20 bits per heavy atom. The number of aromatic nitrogens is 3. The van der Waals surface area contributed by atoms with E-state index in [2.05, 4.69) is 20.7 Å². The number of ether oxygens (including phenoxy) is 1. The van der Waals surface area contributed by atoms with Crippen LogP contribution in [0.1, 0.15) is 55.0 Å². The number of nitrogens with zero attached hydrogens (tertiary/aromatic N) is 3. The van der Waals surface area contributed by atoms with Gasteiger partial charge >= 0.3 is 18.0 Å². The number of hydrogen-bond donors (Lipinski definition) is 3. The number of nitrogens with one attached hydrogen (secondary N) is 2. The third kappa shape index (κ3) is 5.63. The topological polar surface area (TPSA) is 105 Å². The molecule has 0 aliphatic carbocycles. The third-order valence-electron chi connectivity index (χ3n) is 7.51. The van der Waals surface area contributed by atoms with Crippen LogP contribution in [0.4, 0.5) is 26.3 Å². The first kappa shape index (κ1) is 29.3. The summed E-state index contributed by atoms with van der Waals surface area (Å²) in [6, 6.07) is 10.4. The maximum Gasteiger partial charge on any atom is 0.416 e. The first-order valence-corrected chi connectivity index (χ1v) is 12.2. The van der Waals surface area contributed by atoms with Crippen molar-refractivity contribution < 1.29 is 36.3 Å². The molecule has 0 saturated carbocycles. The molecule has 40 heavy (non-hydrogen) atoms. The van der Waals surface area contributed by atoms with Crippen molar-refractivity contribution in [1.29, 1.82) is 0 Å². The number of H-pyrrole nitrogens is 1. The summed E-state index contributed by atoms with van der Waals surface area (Å²) in [4.78, 5) is 12.4. The van der Waals surface area contributed by atoms with Crippen LogP contribution in [0.15, 0.2) is 64.8 Å². The number of aromatic amines is 1. The summed E-state index contributed by atoms with van der Waals surface area (Å²) in [6.07, 6.45) is -9.23. The van der Waals surface area contributed by atoms with Crippen molar-refractivity contribution in [2.24, 2.45) is 5.16 Å². The van der Waals surface area contributed by atoms with E-state index in [1.54, 1.807) is 25.1 Å². The van der Waals surface area contributed by atoms with E-state index in [4.69, 9.17) is 4.74 Å². The SMILES string of the molecule is C/C(=N\O)[C@]1(n2cn[nH]c2=O)CC[C@@](CO[C@H](C)c2cc(C(F)(F)F)cc(C(F)(F)F)c2)(c2ccccc2)NC1. The van der Waals surface area contributed by atoms with E-state index in [1.165, 1.54) is 17.8 Å². The lowest BCUT2D eigenvalue weighted by Crippen LogP contribution is -2.62. The molecule has 0 bridgehead atoms. The van der Waals surface area contributed by atoms with Gasteiger partial charge in [0.2, 0.25) is 0 Å². The lowest BCUT2D eigenvalue weighted by molar-refractivity contribution is -0.143. The molecule has 0 unspecified atom stereocenters. The molecule has 216 valence electrons. The summed E-state index contributed by atoms with van der Waals surface area (Å²) in [5, 5.41) is 22.4. The van der Waals surface area contributed by atoms with Crippen molar-refractivity contribution in [3.05, 3.63) is 87.6 Å². The van der Waals surface area contributed by atoms with Gasteiger partial charge in [-0.2, -0.15) is 31.4 Å². The van der Waals surface area contributed by atoms with Crippen LogP contribution >= 0.6 is 0 Å². The average Bonchev–Trinajstić information content (AvgIpc) is 3.37. The second-order valence-corrected chi connectivity index (χ2v) is 9.84. The van der Waals surface area contributed by atoms with Crippen LogP contribution in [0.25, 0.3) is 0 Å². The van der Waals surface area contributed by atoms with Crippen molar-refractivity contribution in [2.45, 2.75) is 56.2 Å². The summed E-state index contributed by atoms with van der Waals surface area (Å²) in [5.41, 5.74) is -4.67. The highest BCUT2D eigenvalue weighted by Crippen LogP contribution is 2.41. The van der Waals surface area contributed by atoms with Gasteiger partial charge in [0.05, 0.1) is 35.1 Å². The molecule has 0 spiro atoms. The Labute approximate surface area is 224 Å². The lowest BCUT2D eigenvalue weighted by atomic mass is 9.74. The van der Waals surface area contributed by atoms with E-state index >= 15 is 0 Å².